The highest BCUT2D eigenvalue weighted by Crippen LogP contribution is 1.85. The van der Waals surface area contributed by atoms with Gasteiger partial charge in [0.2, 0.25) is 0 Å². The van der Waals surface area contributed by atoms with E-state index in [1.807, 2.05) is 0 Å². The van der Waals surface area contributed by atoms with Crippen LogP contribution in [-0.2, 0) is 4.74 Å². The molecule has 0 aliphatic rings. The van der Waals surface area contributed by atoms with Crippen LogP contribution in [-0.4, -0.2) is 12.1 Å². The molecule has 0 radical (unpaired) electrons. The lowest BCUT2D eigenvalue weighted by Crippen LogP contribution is -1.83. The summed E-state index contributed by atoms with van der Waals surface area (Å²) in [6.45, 7) is 6.36. The fourth-order valence-electron chi connectivity index (χ4n) is 0.311. The van der Waals surface area contributed by atoms with E-state index in [-0.39, 0.29) is 5.48 Å². The van der Waals surface area contributed by atoms with Crippen molar-refractivity contribution in [3.63, 3.8) is 0 Å². The van der Waals surface area contributed by atoms with Crippen LogP contribution < -0.4 is 0 Å². The third-order valence-corrected chi connectivity index (χ3v) is 0.734. The minimum Gasteiger partial charge on any atom is -0.502 e. The molecule has 0 aromatic rings. The lowest BCUT2D eigenvalue weighted by Gasteiger charge is -1.93. The van der Waals surface area contributed by atoms with Gasteiger partial charge in [-0.1, -0.05) is 19.9 Å². The van der Waals surface area contributed by atoms with Gasteiger partial charge in [-0.05, 0) is 6.42 Å². The van der Waals surface area contributed by atoms with Gasteiger partial charge in [-0.2, -0.15) is 0 Å². The summed E-state index contributed by atoms with van der Waals surface area (Å²) in [6, 6.07) is 0. The summed E-state index contributed by atoms with van der Waals surface area (Å²) in [5.41, 5.74) is 0. The van der Waals surface area contributed by atoms with E-state index in [1.165, 1.54) is 12.7 Å². The summed E-state index contributed by atoms with van der Waals surface area (Å²) in [5.74, 6) is 0. The van der Waals surface area contributed by atoms with Crippen molar-refractivity contribution in [2.75, 3.05) is 6.61 Å². The number of hydrogen-bond acceptors (Lipinski definition) is 1. The zero-order chi connectivity index (χ0) is 5.54. The summed E-state index contributed by atoms with van der Waals surface area (Å²) in [7, 11) is 0. The average molecular weight is 118 g/mol. The monoisotopic (exact) mass is 118 g/mol. The normalized spacial score (nSPS) is 7.12. The number of ether oxygens (including phenoxy) is 1. The molecule has 0 aromatic heterocycles. The Morgan fingerprint density at radius 2 is 2.25 bits per heavy atom. The molecule has 0 rings (SSSR count). The molecule has 0 saturated heterocycles. The first kappa shape index (κ1) is 10.5. The van der Waals surface area contributed by atoms with Gasteiger partial charge in [-0.3, -0.25) is 0 Å². The second-order valence-electron chi connectivity index (χ2n) is 1.39. The average Bonchev–Trinajstić information content (AvgIpc) is 1.69. The molecule has 50 valence electrons. The third kappa shape index (κ3) is 9.09. The first-order chi connectivity index (χ1) is 3.41. The molecule has 0 amide bonds. The van der Waals surface area contributed by atoms with Crippen molar-refractivity contribution in [3.8, 4) is 0 Å². The molecule has 0 bridgehead atoms. The van der Waals surface area contributed by atoms with Crippen LogP contribution in [0.4, 0.5) is 0 Å². The standard InChI is InChI=1S/C6H12O.H2O/c1-3-5-6-7-4-2;/h4H,2-3,5-6H2,1H3;1H2. The third-order valence-electron chi connectivity index (χ3n) is 0.734. The van der Waals surface area contributed by atoms with E-state index in [0.717, 1.165) is 13.0 Å². The maximum absolute atomic E-state index is 4.84. The molecule has 2 N–H and O–H groups in total. The molecular formula is C6H14O2. The van der Waals surface area contributed by atoms with Crippen LogP contribution in [0.3, 0.4) is 0 Å². The molecule has 0 unspecified atom stereocenters. The van der Waals surface area contributed by atoms with Gasteiger partial charge in [0.05, 0.1) is 12.9 Å². The van der Waals surface area contributed by atoms with E-state index in [9.17, 15) is 0 Å². The Morgan fingerprint density at radius 1 is 1.62 bits per heavy atom. The van der Waals surface area contributed by atoms with Gasteiger partial charge in [-0.25, -0.2) is 0 Å². The Hall–Kier alpha value is -0.500. The maximum Gasteiger partial charge on any atom is 0.0872 e. The summed E-state index contributed by atoms with van der Waals surface area (Å²) in [4.78, 5) is 0. The van der Waals surface area contributed by atoms with Crippen LogP contribution in [0.25, 0.3) is 0 Å². The molecule has 0 atom stereocenters. The van der Waals surface area contributed by atoms with Crippen molar-refractivity contribution >= 4 is 0 Å². The number of rotatable bonds is 4. The maximum atomic E-state index is 4.84. The quantitative estimate of drug-likeness (QED) is 0.403. The summed E-state index contributed by atoms with van der Waals surface area (Å²) < 4.78 is 4.84. The van der Waals surface area contributed by atoms with Crippen LogP contribution in [0.5, 0.6) is 0 Å². The molecular weight excluding hydrogens is 104 g/mol. The molecule has 0 fully saturated rings. The molecule has 2 heteroatoms. The summed E-state index contributed by atoms with van der Waals surface area (Å²) in [6.07, 6.45) is 3.80. The second kappa shape index (κ2) is 9.71. The van der Waals surface area contributed by atoms with E-state index in [4.69, 9.17) is 4.74 Å². The largest absolute Gasteiger partial charge is 0.502 e. The molecule has 0 saturated carbocycles. The van der Waals surface area contributed by atoms with Gasteiger partial charge in [0, 0.05) is 0 Å². The van der Waals surface area contributed by atoms with Crippen molar-refractivity contribution in [2.45, 2.75) is 19.8 Å². The molecule has 0 aromatic carbocycles. The van der Waals surface area contributed by atoms with Crippen molar-refractivity contribution in [3.05, 3.63) is 12.8 Å². The Bertz CT molecular complexity index is 43.8. The summed E-state index contributed by atoms with van der Waals surface area (Å²) in [5, 5.41) is 0. The zero-order valence-corrected chi connectivity index (χ0v) is 5.31. The second-order valence-corrected chi connectivity index (χ2v) is 1.39. The summed E-state index contributed by atoms with van der Waals surface area (Å²) >= 11 is 0. The molecule has 0 spiro atoms. The van der Waals surface area contributed by atoms with Gasteiger partial charge < -0.3 is 10.2 Å². The van der Waals surface area contributed by atoms with E-state index in [0.29, 0.717) is 0 Å². The van der Waals surface area contributed by atoms with Gasteiger partial charge in [0.15, 0.2) is 0 Å². The number of unbranched alkanes of at least 4 members (excludes halogenated alkanes) is 1. The smallest absolute Gasteiger partial charge is 0.0872 e. The van der Waals surface area contributed by atoms with Crippen molar-refractivity contribution < 1.29 is 10.2 Å². The van der Waals surface area contributed by atoms with Gasteiger partial charge in [0.25, 0.3) is 0 Å². The van der Waals surface area contributed by atoms with Crippen molar-refractivity contribution in [1.82, 2.24) is 0 Å². The highest BCUT2D eigenvalue weighted by atomic mass is 16.5. The lowest BCUT2D eigenvalue weighted by molar-refractivity contribution is 0.245. The van der Waals surface area contributed by atoms with Crippen LogP contribution in [0.15, 0.2) is 12.8 Å². The Morgan fingerprint density at radius 3 is 2.62 bits per heavy atom. The molecule has 0 heterocycles. The first-order valence-electron chi connectivity index (χ1n) is 2.64. The van der Waals surface area contributed by atoms with E-state index in [1.54, 1.807) is 0 Å². The van der Waals surface area contributed by atoms with Crippen LogP contribution in [0.2, 0.25) is 0 Å². The fraction of sp³-hybridized carbons (Fsp3) is 0.667. The Balaban J connectivity index is 0. The molecule has 0 aliphatic carbocycles. The molecule has 0 aliphatic heterocycles. The zero-order valence-electron chi connectivity index (χ0n) is 5.31. The highest BCUT2D eigenvalue weighted by molar-refractivity contribution is 4.47. The minimum atomic E-state index is 0. The predicted molar refractivity (Wildman–Crippen MR) is 34.7 cm³/mol. The predicted octanol–water partition coefficient (Wildman–Crippen LogP) is 1.12. The Labute approximate surface area is 50.5 Å². The highest BCUT2D eigenvalue weighted by Gasteiger charge is 1.76. The van der Waals surface area contributed by atoms with E-state index in [2.05, 4.69) is 13.5 Å². The Kier molecular flexibility index (Phi) is 12.7. The van der Waals surface area contributed by atoms with Gasteiger partial charge in [0.1, 0.15) is 0 Å². The minimum absolute atomic E-state index is 0. The number of hydrogen-bond donors (Lipinski definition) is 0. The van der Waals surface area contributed by atoms with Crippen LogP contribution >= 0.6 is 0 Å². The first-order valence-corrected chi connectivity index (χ1v) is 2.64. The van der Waals surface area contributed by atoms with E-state index >= 15 is 0 Å². The topological polar surface area (TPSA) is 40.7 Å². The van der Waals surface area contributed by atoms with Gasteiger partial charge >= 0.3 is 0 Å². The van der Waals surface area contributed by atoms with Crippen molar-refractivity contribution in [1.29, 1.82) is 0 Å². The lowest BCUT2D eigenvalue weighted by atomic mass is 10.4. The van der Waals surface area contributed by atoms with Crippen LogP contribution in [0.1, 0.15) is 19.8 Å². The van der Waals surface area contributed by atoms with E-state index < -0.39 is 0 Å². The SMILES string of the molecule is C=COCCCC.O. The van der Waals surface area contributed by atoms with Gasteiger partial charge in [-0.15, -0.1) is 0 Å². The van der Waals surface area contributed by atoms with Crippen molar-refractivity contribution in [2.24, 2.45) is 0 Å². The van der Waals surface area contributed by atoms with Crippen LogP contribution in [0, 0.1) is 0 Å². The molecule has 8 heavy (non-hydrogen) atoms. The molecule has 2 nitrogen and oxygen atoms in total. The fourth-order valence-corrected chi connectivity index (χ4v) is 0.311.